The van der Waals surface area contributed by atoms with Crippen LogP contribution in [0.1, 0.15) is 38.5 Å². The molecular weight excluding hydrogens is 372 g/mol. The Kier molecular flexibility index (Phi) is 5.85. The average Bonchev–Trinajstić information content (AvgIpc) is 2.95. The molecule has 1 heterocycles. The Hall–Kier alpha value is -2.94. The summed E-state index contributed by atoms with van der Waals surface area (Å²) in [6.45, 7) is 1.51. The van der Waals surface area contributed by atoms with Crippen LogP contribution in [-0.2, 0) is 21.1 Å². The maximum absolute atomic E-state index is 13.1. The van der Waals surface area contributed by atoms with Gasteiger partial charge in [0.1, 0.15) is 0 Å². The number of rotatable bonds is 7. The van der Waals surface area contributed by atoms with Crippen LogP contribution in [0.3, 0.4) is 0 Å². The molecule has 0 aliphatic carbocycles. The van der Waals surface area contributed by atoms with Gasteiger partial charge in [-0.25, -0.2) is 13.2 Å². The van der Waals surface area contributed by atoms with E-state index in [0.29, 0.717) is 6.29 Å². The monoisotopic (exact) mass is 392 g/mol. The van der Waals surface area contributed by atoms with Crippen LogP contribution < -0.4 is 0 Å². The van der Waals surface area contributed by atoms with Gasteiger partial charge >= 0.3 is 5.97 Å². The fourth-order valence-electron chi connectivity index (χ4n) is 2.77. The maximum Gasteiger partial charge on any atom is 0.335 e. The SMILES string of the molecule is Cc1[nH]c(C=O)c(CCC(=O)N(C)C)c1S(=O)(=O)c1cccc(C(=O)O)c1. The third kappa shape index (κ3) is 4.08. The zero-order chi connectivity index (χ0) is 20.4. The Morgan fingerprint density at radius 3 is 2.48 bits per heavy atom. The van der Waals surface area contributed by atoms with Crippen molar-refractivity contribution in [3.63, 3.8) is 0 Å². The van der Waals surface area contributed by atoms with Gasteiger partial charge in [-0.3, -0.25) is 9.59 Å². The largest absolute Gasteiger partial charge is 0.478 e. The van der Waals surface area contributed by atoms with Crippen LogP contribution in [0.5, 0.6) is 0 Å². The number of carbonyl (C=O) groups is 3. The number of aromatic nitrogens is 1. The molecule has 0 spiro atoms. The smallest absolute Gasteiger partial charge is 0.335 e. The lowest BCUT2D eigenvalue weighted by molar-refractivity contribution is -0.128. The fourth-order valence-corrected chi connectivity index (χ4v) is 4.53. The van der Waals surface area contributed by atoms with E-state index >= 15 is 0 Å². The number of amides is 1. The zero-order valence-corrected chi connectivity index (χ0v) is 16.0. The maximum atomic E-state index is 13.1. The van der Waals surface area contributed by atoms with Crippen LogP contribution in [0.15, 0.2) is 34.1 Å². The molecule has 0 bridgehead atoms. The Morgan fingerprint density at radius 2 is 1.93 bits per heavy atom. The van der Waals surface area contributed by atoms with Gasteiger partial charge in [0.2, 0.25) is 15.7 Å². The van der Waals surface area contributed by atoms with Gasteiger partial charge in [-0.2, -0.15) is 0 Å². The first-order valence-corrected chi connectivity index (χ1v) is 9.53. The van der Waals surface area contributed by atoms with E-state index in [4.69, 9.17) is 5.11 Å². The van der Waals surface area contributed by atoms with Crippen molar-refractivity contribution < 1.29 is 27.9 Å². The van der Waals surface area contributed by atoms with E-state index in [1.165, 1.54) is 30.0 Å². The summed E-state index contributed by atoms with van der Waals surface area (Å²) in [5, 5.41) is 9.10. The number of benzene rings is 1. The quantitative estimate of drug-likeness (QED) is 0.691. The lowest BCUT2D eigenvalue weighted by atomic mass is 10.1. The molecule has 0 saturated carbocycles. The van der Waals surface area contributed by atoms with Crippen molar-refractivity contribution in [2.75, 3.05) is 14.1 Å². The lowest BCUT2D eigenvalue weighted by Gasteiger charge is -2.12. The first-order chi connectivity index (χ1) is 12.6. The molecule has 27 heavy (non-hydrogen) atoms. The number of nitrogens with zero attached hydrogens (tertiary/aromatic N) is 1. The highest BCUT2D eigenvalue weighted by molar-refractivity contribution is 7.91. The first kappa shape index (κ1) is 20.4. The van der Waals surface area contributed by atoms with Gasteiger partial charge in [0, 0.05) is 31.8 Å². The fraction of sp³-hybridized carbons (Fsp3) is 0.278. The summed E-state index contributed by atoms with van der Waals surface area (Å²) in [7, 11) is -0.925. The van der Waals surface area contributed by atoms with Gasteiger partial charge in [-0.1, -0.05) is 6.07 Å². The van der Waals surface area contributed by atoms with Crippen molar-refractivity contribution >= 4 is 28.0 Å². The van der Waals surface area contributed by atoms with Crippen molar-refractivity contribution in [2.45, 2.75) is 29.6 Å². The number of carboxylic acids is 1. The van der Waals surface area contributed by atoms with Crippen LogP contribution in [0.2, 0.25) is 0 Å². The Balaban J connectivity index is 2.58. The third-order valence-electron chi connectivity index (χ3n) is 4.13. The number of aryl methyl sites for hydroxylation is 1. The summed E-state index contributed by atoms with van der Waals surface area (Å²) in [6.07, 6.45) is 0.598. The number of carboxylic acid groups (broad SMARTS) is 1. The van der Waals surface area contributed by atoms with Crippen molar-refractivity contribution in [1.82, 2.24) is 9.88 Å². The van der Waals surface area contributed by atoms with Crippen LogP contribution in [0.4, 0.5) is 0 Å². The number of hydrogen-bond donors (Lipinski definition) is 2. The summed E-state index contributed by atoms with van der Waals surface area (Å²) >= 11 is 0. The van der Waals surface area contributed by atoms with E-state index in [1.54, 1.807) is 14.1 Å². The summed E-state index contributed by atoms with van der Waals surface area (Å²) in [5.74, 6) is -1.45. The molecule has 1 amide bonds. The van der Waals surface area contributed by atoms with Gasteiger partial charge in [0.05, 0.1) is 21.0 Å². The van der Waals surface area contributed by atoms with Gasteiger partial charge in [-0.15, -0.1) is 0 Å². The molecule has 0 radical (unpaired) electrons. The van der Waals surface area contributed by atoms with Gasteiger partial charge in [0.15, 0.2) is 6.29 Å². The number of nitrogens with one attached hydrogen (secondary N) is 1. The minimum atomic E-state index is -4.09. The van der Waals surface area contributed by atoms with Crippen LogP contribution in [0, 0.1) is 6.92 Å². The molecule has 9 heteroatoms. The van der Waals surface area contributed by atoms with Crippen LogP contribution in [0.25, 0.3) is 0 Å². The molecule has 144 valence electrons. The van der Waals surface area contributed by atoms with E-state index in [2.05, 4.69) is 4.98 Å². The molecule has 8 nitrogen and oxygen atoms in total. The Labute approximate surface area is 156 Å². The topological polar surface area (TPSA) is 125 Å². The highest BCUT2D eigenvalue weighted by atomic mass is 32.2. The summed E-state index contributed by atoms with van der Waals surface area (Å²) in [5.41, 5.74) is 0.403. The molecule has 0 atom stereocenters. The van der Waals surface area contributed by atoms with E-state index in [0.717, 1.165) is 6.07 Å². The number of aldehydes is 1. The molecule has 0 saturated heterocycles. The molecule has 2 rings (SSSR count). The van der Waals surface area contributed by atoms with Gasteiger partial charge in [-0.05, 0) is 31.5 Å². The minimum Gasteiger partial charge on any atom is -0.478 e. The molecule has 0 aliphatic heterocycles. The Bertz CT molecular complexity index is 1000. The standard InChI is InChI=1S/C18H20N2O6S/c1-11-17(14(15(10-21)19-11)7-8-16(22)20(2)3)27(25,26)13-6-4-5-12(9-13)18(23)24/h4-6,9-10,19H,7-8H2,1-3H3,(H,23,24). The van der Waals surface area contributed by atoms with E-state index < -0.39 is 15.8 Å². The summed E-state index contributed by atoms with van der Waals surface area (Å²) < 4.78 is 26.3. The summed E-state index contributed by atoms with van der Waals surface area (Å²) in [4.78, 5) is 38.2. The first-order valence-electron chi connectivity index (χ1n) is 8.04. The van der Waals surface area contributed by atoms with E-state index in [1.807, 2.05) is 0 Å². The second kappa shape index (κ2) is 7.75. The number of carbonyl (C=O) groups excluding carboxylic acids is 2. The van der Waals surface area contributed by atoms with Crippen molar-refractivity contribution in [3.05, 3.63) is 46.8 Å². The number of hydrogen-bond acceptors (Lipinski definition) is 5. The predicted molar refractivity (Wildman–Crippen MR) is 96.8 cm³/mol. The van der Waals surface area contributed by atoms with Crippen molar-refractivity contribution in [1.29, 1.82) is 0 Å². The predicted octanol–water partition coefficient (Wildman–Crippen LogP) is 1.69. The third-order valence-corrected chi connectivity index (χ3v) is 6.09. The van der Waals surface area contributed by atoms with Crippen molar-refractivity contribution in [2.24, 2.45) is 0 Å². The van der Waals surface area contributed by atoms with Crippen LogP contribution >= 0.6 is 0 Å². The molecule has 1 aromatic heterocycles. The van der Waals surface area contributed by atoms with E-state index in [9.17, 15) is 22.8 Å². The van der Waals surface area contributed by atoms with Gasteiger partial charge < -0.3 is 15.0 Å². The molecule has 0 fully saturated rings. The lowest BCUT2D eigenvalue weighted by Crippen LogP contribution is -2.22. The highest BCUT2D eigenvalue weighted by Crippen LogP contribution is 2.30. The van der Waals surface area contributed by atoms with Crippen LogP contribution in [-0.4, -0.2) is 55.7 Å². The second-order valence-electron chi connectivity index (χ2n) is 6.21. The number of H-pyrrole nitrogens is 1. The minimum absolute atomic E-state index is 0.0306. The highest BCUT2D eigenvalue weighted by Gasteiger charge is 2.28. The molecule has 1 aromatic carbocycles. The van der Waals surface area contributed by atoms with Crippen molar-refractivity contribution in [3.8, 4) is 0 Å². The van der Waals surface area contributed by atoms with Gasteiger partial charge in [0.25, 0.3) is 0 Å². The number of aromatic amines is 1. The molecular formula is C18H20N2O6S. The normalized spacial score (nSPS) is 11.2. The second-order valence-corrected chi connectivity index (χ2v) is 8.10. The number of aromatic carboxylic acids is 1. The summed E-state index contributed by atoms with van der Waals surface area (Å²) in [6, 6.07) is 5.00. The number of sulfone groups is 1. The molecule has 2 N–H and O–H groups in total. The molecule has 0 aliphatic rings. The zero-order valence-electron chi connectivity index (χ0n) is 15.1. The molecule has 0 unspecified atom stereocenters. The van der Waals surface area contributed by atoms with E-state index in [-0.39, 0.29) is 51.1 Å². The average molecular weight is 392 g/mol. The Morgan fingerprint density at radius 1 is 1.26 bits per heavy atom. The molecule has 2 aromatic rings.